The molecule has 1 amide bonds. The molecule has 1 aromatic rings. The van der Waals surface area contributed by atoms with E-state index < -0.39 is 0 Å². The first kappa shape index (κ1) is 15.1. The Morgan fingerprint density at radius 2 is 2.26 bits per heavy atom. The van der Waals surface area contributed by atoms with Crippen LogP contribution in [0.15, 0.2) is 18.6 Å². The fraction of sp³-hybridized carbons (Fsp3) is 0.455. The van der Waals surface area contributed by atoms with Gasteiger partial charge < -0.3 is 10.1 Å². The first-order valence-electron chi connectivity index (χ1n) is 5.94. The van der Waals surface area contributed by atoms with Crippen LogP contribution in [0.2, 0.25) is 0 Å². The van der Waals surface area contributed by atoms with Crippen molar-refractivity contribution in [2.45, 2.75) is 19.8 Å². The second-order valence-corrected chi connectivity index (χ2v) is 4.02. The molecule has 1 heterocycles. The van der Waals surface area contributed by atoms with Gasteiger partial charge in [-0.2, -0.15) is 0 Å². The molecule has 0 aromatic carbocycles. The van der Waals surface area contributed by atoms with Crippen LogP contribution < -0.4 is 20.9 Å². The van der Waals surface area contributed by atoms with Crippen LogP contribution in [-0.4, -0.2) is 34.1 Å². The predicted molar refractivity (Wildman–Crippen MR) is 74.3 cm³/mol. The fourth-order valence-electron chi connectivity index (χ4n) is 1.08. The number of nitrogens with zero attached hydrogens (tertiary/aromatic N) is 2. The normalized spacial score (nSPS) is 9.53. The van der Waals surface area contributed by atoms with E-state index in [4.69, 9.17) is 17.0 Å². The maximum atomic E-state index is 11.4. The highest BCUT2D eigenvalue weighted by atomic mass is 32.1. The maximum absolute atomic E-state index is 11.4. The summed E-state index contributed by atoms with van der Waals surface area (Å²) >= 11 is 4.96. The lowest BCUT2D eigenvalue weighted by molar-refractivity contribution is -0.123. The number of nitrogens with one attached hydrogen (secondary N) is 3. The summed E-state index contributed by atoms with van der Waals surface area (Å²) < 4.78 is 5.11. The van der Waals surface area contributed by atoms with Crippen molar-refractivity contribution >= 4 is 23.2 Å². The van der Waals surface area contributed by atoms with E-state index in [1.165, 1.54) is 18.6 Å². The number of hydrogen-bond donors (Lipinski definition) is 3. The summed E-state index contributed by atoms with van der Waals surface area (Å²) in [5.41, 5.74) is 5.00. The number of carbonyl (C=O) groups excluding carboxylic acids is 1. The van der Waals surface area contributed by atoms with Crippen molar-refractivity contribution in [3.63, 3.8) is 0 Å². The fourth-order valence-corrected chi connectivity index (χ4v) is 1.24. The van der Waals surface area contributed by atoms with E-state index in [0.717, 1.165) is 19.4 Å². The van der Waals surface area contributed by atoms with Crippen LogP contribution in [0.3, 0.4) is 0 Å². The van der Waals surface area contributed by atoms with E-state index >= 15 is 0 Å². The van der Waals surface area contributed by atoms with Gasteiger partial charge in [-0.05, 0) is 18.6 Å². The van der Waals surface area contributed by atoms with Crippen molar-refractivity contribution in [2.24, 2.45) is 0 Å². The van der Waals surface area contributed by atoms with Crippen LogP contribution in [0.4, 0.5) is 0 Å². The number of carbonyl (C=O) groups is 1. The Morgan fingerprint density at radius 3 is 2.95 bits per heavy atom. The summed E-state index contributed by atoms with van der Waals surface area (Å²) in [6.07, 6.45) is 6.53. The first-order valence-corrected chi connectivity index (χ1v) is 6.34. The number of hydrogen-bond acceptors (Lipinski definition) is 5. The second kappa shape index (κ2) is 9.03. The quantitative estimate of drug-likeness (QED) is 0.389. The Bertz CT molecular complexity index is 401. The van der Waals surface area contributed by atoms with E-state index in [9.17, 15) is 4.79 Å². The monoisotopic (exact) mass is 283 g/mol. The summed E-state index contributed by atoms with van der Waals surface area (Å²) in [5, 5.41) is 3.33. The molecule has 0 spiro atoms. The number of aromatic nitrogens is 2. The van der Waals surface area contributed by atoms with Crippen molar-refractivity contribution < 1.29 is 9.53 Å². The number of unbranched alkanes of at least 4 members (excludes halogenated alkanes) is 1. The van der Waals surface area contributed by atoms with Crippen molar-refractivity contribution in [3.05, 3.63) is 18.6 Å². The zero-order valence-corrected chi connectivity index (χ0v) is 11.5. The van der Waals surface area contributed by atoms with Crippen LogP contribution in [0.5, 0.6) is 5.88 Å². The third-order valence-electron chi connectivity index (χ3n) is 2.02. The molecule has 0 unspecified atom stereocenters. The molecule has 19 heavy (non-hydrogen) atoms. The van der Waals surface area contributed by atoms with E-state index in [1.54, 1.807) is 0 Å². The zero-order valence-electron chi connectivity index (χ0n) is 10.7. The van der Waals surface area contributed by atoms with Gasteiger partial charge in [0.2, 0.25) is 5.88 Å². The summed E-state index contributed by atoms with van der Waals surface area (Å²) in [7, 11) is 0. The smallest absolute Gasteiger partial charge is 0.276 e. The molecule has 0 saturated carbocycles. The summed E-state index contributed by atoms with van der Waals surface area (Å²) in [5.74, 6) is -0.0633. The number of rotatable bonds is 6. The second-order valence-electron chi connectivity index (χ2n) is 3.61. The van der Waals surface area contributed by atoms with Crippen LogP contribution in [-0.2, 0) is 4.79 Å². The molecule has 0 fully saturated rings. The highest BCUT2D eigenvalue weighted by Crippen LogP contribution is 1.99. The van der Waals surface area contributed by atoms with Gasteiger partial charge >= 0.3 is 0 Å². The number of amides is 1. The minimum atomic E-state index is -0.356. The van der Waals surface area contributed by atoms with Gasteiger partial charge in [-0.25, -0.2) is 4.98 Å². The SMILES string of the molecule is CCCCNC(=S)NNC(=O)COc1cnccn1. The van der Waals surface area contributed by atoms with Gasteiger partial charge in [0.1, 0.15) is 0 Å². The highest BCUT2D eigenvalue weighted by Gasteiger charge is 2.03. The lowest BCUT2D eigenvalue weighted by atomic mass is 10.3. The van der Waals surface area contributed by atoms with E-state index in [2.05, 4.69) is 33.1 Å². The minimum absolute atomic E-state index is 0.163. The van der Waals surface area contributed by atoms with E-state index in [-0.39, 0.29) is 12.5 Å². The Hall–Kier alpha value is -1.96. The number of ether oxygens (including phenoxy) is 1. The van der Waals surface area contributed by atoms with Crippen LogP contribution >= 0.6 is 12.2 Å². The van der Waals surface area contributed by atoms with Gasteiger partial charge in [0.05, 0.1) is 6.20 Å². The van der Waals surface area contributed by atoms with Crippen LogP contribution in [0, 0.1) is 0 Å². The third kappa shape index (κ3) is 7.14. The highest BCUT2D eigenvalue weighted by molar-refractivity contribution is 7.80. The Kier molecular flexibility index (Phi) is 7.18. The van der Waals surface area contributed by atoms with Crippen molar-refractivity contribution in [3.8, 4) is 5.88 Å². The van der Waals surface area contributed by atoms with Gasteiger partial charge in [0, 0.05) is 18.9 Å². The molecule has 3 N–H and O–H groups in total. The van der Waals surface area contributed by atoms with Gasteiger partial charge in [-0.3, -0.25) is 20.6 Å². The zero-order chi connectivity index (χ0) is 13.9. The van der Waals surface area contributed by atoms with Gasteiger partial charge in [-0.15, -0.1) is 0 Å². The first-order chi connectivity index (χ1) is 9.22. The lowest BCUT2D eigenvalue weighted by Crippen LogP contribution is -2.48. The molecule has 8 heteroatoms. The van der Waals surface area contributed by atoms with E-state index in [1.807, 2.05) is 0 Å². The summed E-state index contributed by atoms with van der Waals surface area (Å²) in [6.45, 7) is 2.70. The van der Waals surface area contributed by atoms with E-state index in [0.29, 0.717) is 11.0 Å². The molecule has 104 valence electrons. The molecule has 0 radical (unpaired) electrons. The van der Waals surface area contributed by atoms with Gasteiger partial charge in [0.15, 0.2) is 11.7 Å². The predicted octanol–water partition coefficient (Wildman–Crippen LogP) is 0.151. The molecular formula is C11H17N5O2S. The molecule has 0 aliphatic carbocycles. The molecule has 1 rings (SSSR count). The lowest BCUT2D eigenvalue weighted by Gasteiger charge is -2.11. The van der Waals surface area contributed by atoms with Gasteiger partial charge in [0.25, 0.3) is 5.91 Å². The maximum Gasteiger partial charge on any atom is 0.276 e. The molecule has 0 bridgehead atoms. The largest absolute Gasteiger partial charge is 0.466 e. The standard InChI is InChI=1S/C11H17N5O2S/c1-2-3-4-14-11(19)16-15-9(17)8-18-10-7-12-5-6-13-10/h5-7H,2-4,8H2,1H3,(H,15,17)(H2,14,16,19). The molecule has 0 aliphatic rings. The number of hydrazine groups is 1. The van der Waals surface area contributed by atoms with Crippen molar-refractivity contribution in [2.75, 3.05) is 13.2 Å². The van der Waals surface area contributed by atoms with Crippen molar-refractivity contribution in [1.29, 1.82) is 0 Å². The topological polar surface area (TPSA) is 88.2 Å². The number of thiocarbonyl (C=S) groups is 1. The minimum Gasteiger partial charge on any atom is -0.466 e. The molecular weight excluding hydrogens is 266 g/mol. The molecule has 0 aliphatic heterocycles. The van der Waals surface area contributed by atoms with Crippen molar-refractivity contribution in [1.82, 2.24) is 26.1 Å². The summed E-state index contributed by atoms with van der Waals surface area (Å²) in [6, 6.07) is 0. The average Bonchev–Trinajstić information content (AvgIpc) is 2.44. The molecule has 7 nitrogen and oxygen atoms in total. The summed E-state index contributed by atoms with van der Waals surface area (Å²) in [4.78, 5) is 19.1. The molecule has 0 atom stereocenters. The molecule has 1 aromatic heterocycles. The third-order valence-corrected chi connectivity index (χ3v) is 2.27. The Labute approximate surface area is 117 Å². The average molecular weight is 283 g/mol. The Morgan fingerprint density at radius 1 is 1.42 bits per heavy atom. The van der Waals surface area contributed by atoms with Crippen LogP contribution in [0.25, 0.3) is 0 Å². The Balaban J connectivity index is 2.12. The molecule has 0 saturated heterocycles. The van der Waals surface area contributed by atoms with Crippen LogP contribution in [0.1, 0.15) is 19.8 Å². The van der Waals surface area contributed by atoms with Gasteiger partial charge in [-0.1, -0.05) is 13.3 Å².